The molecule has 2 aromatic rings. The van der Waals surface area contributed by atoms with Gasteiger partial charge in [0.2, 0.25) is 0 Å². The maximum Gasteiger partial charge on any atom is 0.121 e. The summed E-state index contributed by atoms with van der Waals surface area (Å²) in [5.41, 5.74) is 8.36. The van der Waals surface area contributed by atoms with Crippen molar-refractivity contribution in [1.29, 1.82) is 0 Å². The van der Waals surface area contributed by atoms with Crippen molar-refractivity contribution in [3.63, 3.8) is 0 Å². The molecule has 2 aromatic carbocycles. The van der Waals surface area contributed by atoms with Gasteiger partial charge in [0.05, 0.1) is 17.8 Å². The summed E-state index contributed by atoms with van der Waals surface area (Å²) in [5, 5.41) is 0.518. The topological polar surface area (TPSA) is 44.5 Å². The van der Waals surface area contributed by atoms with E-state index < -0.39 is 0 Å². The highest BCUT2D eigenvalue weighted by atomic mass is 35.5. The number of hydrogen-bond donors (Lipinski definition) is 1. The Morgan fingerprint density at radius 3 is 2.37 bits per heavy atom. The molecule has 4 heteroatoms. The van der Waals surface area contributed by atoms with Crippen LogP contribution in [0.1, 0.15) is 11.1 Å². The summed E-state index contributed by atoms with van der Waals surface area (Å²) in [6.07, 6.45) is 0. The van der Waals surface area contributed by atoms with Crippen LogP contribution in [-0.2, 0) is 6.61 Å². The van der Waals surface area contributed by atoms with Gasteiger partial charge in [-0.05, 0) is 36.2 Å². The number of benzene rings is 2. The van der Waals surface area contributed by atoms with E-state index in [0.29, 0.717) is 23.1 Å². The SMILES string of the molecule is COc1ccc(COc2cc(C)c(N)c(Cl)c2)cc1. The van der Waals surface area contributed by atoms with Gasteiger partial charge in [0.15, 0.2) is 0 Å². The molecule has 0 aromatic heterocycles. The molecular formula is C15H16ClNO2. The fourth-order valence-corrected chi connectivity index (χ4v) is 1.95. The van der Waals surface area contributed by atoms with Crippen LogP contribution in [0.5, 0.6) is 11.5 Å². The van der Waals surface area contributed by atoms with Gasteiger partial charge in [0, 0.05) is 6.07 Å². The van der Waals surface area contributed by atoms with Gasteiger partial charge in [0.1, 0.15) is 18.1 Å². The Labute approximate surface area is 117 Å². The van der Waals surface area contributed by atoms with Crippen LogP contribution in [-0.4, -0.2) is 7.11 Å². The summed E-state index contributed by atoms with van der Waals surface area (Å²) in [7, 11) is 1.64. The van der Waals surface area contributed by atoms with E-state index in [0.717, 1.165) is 16.9 Å². The first kappa shape index (κ1) is 13.6. The average molecular weight is 278 g/mol. The van der Waals surface area contributed by atoms with E-state index in [4.69, 9.17) is 26.8 Å². The maximum atomic E-state index is 6.02. The molecule has 0 aliphatic rings. The van der Waals surface area contributed by atoms with Gasteiger partial charge in [-0.3, -0.25) is 0 Å². The van der Waals surface area contributed by atoms with Crippen molar-refractivity contribution in [2.75, 3.05) is 12.8 Å². The predicted molar refractivity (Wildman–Crippen MR) is 77.9 cm³/mol. The molecule has 0 bridgehead atoms. The van der Waals surface area contributed by atoms with E-state index in [2.05, 4.69) is 0 Å². The van der Waals surface area contributed by atoms with Gasteiger partial charge in [-0.15, -0.1) is 0 Å². The van der Waals surface area contributed by atoms with E-state index in [1.807, 2.05) is 37.3 Å². The molecule has 0 unspecified atom stereocenters. The molecule has 3 nitrogen and oxygen atoms in total. The molecule has 0 atom stereocenters. The third kappa shape index (κ3) is 3.32. The number of anilines is 1. The quantitative estimate of drug-likeness (QED) is 0.864. The molecule has 0 amide bonds. The van der Waals surface area contributed by atoms with E-state index in [9.17, 15) is 0 Å². The van der Waals surface area contributed by atoms with Crippen LogP contribution in [0.4, 0.5) is 5.69 Å². The Kier molecular flexibility index (Phi) is 4.17. The molecule has 0 radical (unpaired) electrons. The predicted octanol–water partition coefficient (Wildman–Crippen LogP) is 3.82. The molecule has 0 heterocycles. The number of ether oxygens (including phenoxy) is 2. The number of methoxy groups -OCH3 is 1. The van der Waals surface area contributed by atoms with Crippen molar-refractivity contribution in [3.8, 4) is 11.5 Å². The summed E-state index contributed by atoms with van der Waals surface area (Å²) in [5.74, 6) is 1.54. The third-order valence-corrected chi connectivity index (χ3v) is 3.19. The van der Waals surface area contributed by atoms with E-state index >= 15 is 0 Å². The Bertz CT molecular complexity index is 544. The molecule has 100 valence electrons. The first-order valence-electron chi connectivity index (χ1n) is 5.91. The minimum absolute atomic E-state index is 0.476. The van der Waals surface area contributed by atoms with Gasteiger partial charge in [-0.1, -0.05) is 23.7 Å². The van der Waals surface area contributed by atoms with Gasteiger partial charge in [0.25, 0.3) is 0 Å². The van der Waals surface area contributed by atoms with Crippen molar-refractivity contribution in [1.82, 2.24) is 0 Å². The van der Waals surface area contributed by atoms with Crippen molar-refractivity contribution in [2.24, 2.45) is 0 Å². The van der Waals surface area contributed by atoms with Crippen molar-refractivity contribution < 1.29 is 9.47 Å². The Balaban J connectivity index is 2.05. The number of halogens is 1. The molecule has 0 fully saturated rings. The monoisotopic (exact) mass is 277 g/mol. The number of aryl methyl sites for hydroxylation is 1. The van der Waals surface area contributed by atoms with Crippen LogP contribution in [0.25, 0.3) is 0 Å². The second-order valence-corrected chi connectivity index (χ2v) is 4.68. The normalized spacial score (nSPS) is 10.3. The Morgan fingerprint density at radius 2 is 1.79 bits per heavy atom. The Hall–Kier alpha value is -1.87. The molecule has 0 spiro atoms. The summed E-state index contributed by atoms with van der Waals surface area (Å²) >= 11 is 6.02. The van der Waals surface area contributed by atoms with Gasteiger partial charge >= 0.3 is 0 Å². The van der Waals surface area contributed by atoms with Crippen molar-refractivity contribution >= 4 is 17.3 Å². The van der Waals surface area contributed by atoms with Gasteiger partial charge in [-0.2, -0.15) is 0 Å². The lowest BCUT2D eigenvalue weighted by Gasteiger charge is -2.10. The van der Waals surface area contributed by atoms with Crippen molar-refractivity contribution in [2.45, 2.75) is 13.5 Å². The fourth-order valence-electron chi connectivity index (χ4n) is 1.70. The van der Waals surface area contributed by atoms with Crippen LogP contribution < -0.4 is 15.2 Å². The van der Waals surface area contributed by atoms with Crippen LogP contribution in [0.3, 0.4) is 0 Å². The molecular weight excluding hydrogens is 262 g/mol. The van der Waals surface area contributed by atoms with E-state index in [1.165, 1.54) is 0 Å². The lowest BCUT2D eigenvalue weighted by molar-refractivity contribution is 0.306. The van der Waals surface area contributed by atoms with Crippen LogP contribution in [0.2, 0.25) is 5.02 Å². The first-order valence-corrected chi connectivity index (χ1v) is 6.29. The van der Waals surface area contributed by atoms with E-state index in [-0.39, 0.29) is 0 Å². The molecule has 0 saturated heterocycles. The third-order valence-electron chi connectivity index (χ3n) is 2.87. The molecule has 19 heavy (non-hydrogen) atoms. The van der Waals surface area contributed by atoms with Gasteiger partial charge in [-0.25, -0.2) is 0 Å². The summed E-state index contributed by atoms with van der Waals surface area (Å²) in [6, 6.07) is 11.3. The highest BCUT2D eigenvalue weighted by Gasteiger charge is 2.04. The van der Waals surface area contributed by atoms with Crippen LogP contribution >= 0.6 is 11.6 Å². The highest BCUT2D eigenvalue weighted by molar-refractivity contribution is 6.33. The zero-order chi connectivity index (χ0) is 13.8. The zero-order valence-corrected chi connectivity index (χ0v) is 11.7. The minimum Gasteiger partial charge on any atom is -0.497 e. The molecule has 2 N–H and O–H groups in total. The summed E-state index contributed by atoms with van der Waals surface area (Å²) in [6.45, 7) is 2.38. The van der Waals surface area contributed by atoms with E-state index in [1.54, 1.807) is 13.2 Å². The summed E-state index contributed by atoms with van der Waals surface area (Å²) < 4.78 is 10.8. The maximum absolute atomic E-state index is 6.02. The smallest absolute Gasteiger partial charge is 0.121 e. The standard InChI is InChI=1S/C15H16ClNO2/c1-10-7-13(8-14(16)15(10)17)19-9-11-3-5-12(18-2)6-4-11/h3-8H,9,17H2,1-2H3. The lowest BCUT2D eigenvalue weighted by Crippen LogP contribution is -1.98. The summed E-state index contributed by atoms with van der Waals surface area (Å²) in [4.78, 5) is 0. The second kappa shape index (κ2) is 5.85. The van der Waals surface area contributed by atoms with Crippen LogP contribution in [0.15, 0.2) is 36.4 Å². The lowest BCUT2D eigenvalue weighted by atomic mass is 10.2. The van der Waals surface area contributed by atoms with Crippen molar-refractivity contribution in [3.05, 3.63) is 52.5 Å². The number of rotatable bonds is 4. The highest BCUT2D eigenvalue weighted by Crippen LogP contribution is 2.28. The van der Waals surface area contributed by atoms with Crippen LogP contribution in [0, 0.1) is 6.92 Å². The van der Waals surface area contributed by atoms with Gasteiger partial charge < -0.3 is 15.2 Å². The molecule has 0 aliphatic carbocycles. The zero-order valence-electron chi connectivity index (χ0n) is 10.9. The number of hydrogen-bond acceptors (Lipinski definition) is 3. The largest absolute Gasteiger partial charge is 0.497 e. The average Bonchev–Trinajstić information content (AvgIpc) is 2.43. The molecule has 2 rings (SSSR count). The fraction of sp³-hybridized carbons (Fsp3) is 0.200. The Morgan fingerprint density at radius 1 is 1.11 bits per heavy atom. The number of nitrogen functional groups attached to an aromatic ring is 1. The molecule has 0 aliphatic heterocycles. The number of nitrogens with two attached hydrogens (primary N) is 1. The molecule has 0 saturated carbocycles. The minimum atomic E-state index is 0.476. The second-order valence-electron chi connectivity index (χ2n) is 4.27. The first-order chi connectivity index (χ1) is 9.10.